The van der Waals surface area contributed by atoms with Crippen LogP contribution >= 0.6 is 11.6 Å². The summed E-state index contributed by atoms with van der Waals surface area (Å²) in [4.78, 5) is 12.4. The Morgan fingerprint density at radius 3 is 2.54 bits per heavy atom. The Balaban J connectivity index is 1.84. The zero-order valence-corrected chi connectivity index (χ0v) is 14.3. The molecule has 1 unspecified atom stereocenters. The zero-order chi connectivity index (χ0) is 18.7. The van der Waals surface area contributed by atoms with Gasteiger partial charge in [0.05, 0.1) is 17.3 Å². The fourth-order valence-electron chi connectivity index (χ4n) is 2.54. The van der Waals surface area contributed by atoms with Gasteiger partial charge in [0.1, 0.15) is 5.02 Å². The normalized spacial score (nSPS) is 17.5. The first-order valence-electron chi connectivity index (χ1n) is 7.94. The Kier molecular flexibility index (Phi) is 5.35. The molecule has 2 aromatic rings. The molecule has 0 spiro atoms. The highest BCUT2D eigenvalue weighted by atomic mass is 35.5. The van der Waals surface area contributed by atoms with Gasteiger partial charge in [-0.2, -0.15) is 23.0 Å². The molecular weight excluding hydrogens is 369 g/mol. The van der Waals surface area contributed by atoms with E-state index in [1.807, 2.05) is 0 Å². The van der Waals surface area contributed by atoms with Crippen molar-refractivity contribution in [3.05, 3.63) is 62.5 Å². The molecule has 4 nitrogen and oxygen atoms in total. The van der Waals surface area contributed by atoms with Crippen LogP contribution in [0.4, 0.5) is 13.2 Å². The molecule has 1 aliphatic heterocycles. The standard InChI is InChI=1S/C18H14ClF3N2O2/c19-16-13(7-4-12-5-8-14(9-6-12)18(20,21)22)11-23-24(17(16)25)15-3-1-2-10-26-15/h5-6,8-9,11,15H,1-3,10H2. The van der Waals surface area contributed by atoms with Gasteiger partial charge >= 0.3 is 6.18 Å². The first-order chi connectivity index (χ1) is 12.4. The fraction of sp³-hybridized carbons (Fsp3) is 0.333. The van der Waals surface area contributed by atoms with E-state index in [0.717, 1.165) is 25.0 Å². The smallest absolute Gasteiger partial charge is 0.356 e. The number of aromatic nitrogens is 2. The third kappa shape index (κ3) is 4.09. The number of alkyl halides is 3. The van der Waals surface area contributed by atoms with Crippen LogP contribution in [0.3, 0.4) is 0 Å². The van der Waals surface area contributed by atoms with E-state index in [2.05, 4.69) is 16.9 Å². The average molecular weight is 383 g/mol. The van der Waals surface area contributed by atoms with E-state index >= 15 is 0 Å². The minimum atomic E-state index is -4.40. The van der Waals surface area contributed by atoms with Crippen LogP contribution in [0.25, 0.3) is 0 Å². The maximum absolute atomic E-state index is 12.5. The molecular formula is C18H14ClF3N2O2. The number of halogens is 4. The predicted octanol–water partition coefficient (Wildman–Crippen LogP) is 4.01. The lowest BCUT2D eigenvalue weighted by Gasteiger charge is -2.23. The van der Waals surface area contributed by atoms with Crippen molar-refractivity contribution < 1.29 is 17.9 Å². The molecule has 1 saturated heterocycles. The molecule has 1 aromatic carbocycles. The first kappa shape index (κ1) is 18.5. The van der Waals surface area contributed by atoms with Gasteiger partial charge in [-0.05, 0) is 43.5 Å². The van der Waals surface area contributed by atoms with Gasteiger partial charge in [0, 0.05) is 12.2 Å². The number of hydrogen-bond acceptors (Lipinski definition) is 3. The second-order valence-electron chi connectivity index (χ2n) is 5.77. The summed E-state index contributed by atoms with van der Waals surface area (Å²) in [6.45, 7) is 0.561. The number of benzene rings is 1. The monoisotopic (exact) mass is 382 g/mol. The predicted molar refractivity (Wildman–Crippen MR) is 89.8 cm³/mol. The van der Waals surface area contributed by atoms with Crippen LogP contribution in [0, 0.1) is 11.8 Å². The van der Waals surface area contributed by atoms with Crippen molar-refractivity contribution in [2.24, 2.45) is 0 Å². The van der Waals surface area contributed by atoms with Crippen molar-refractivity contribution in [1.82, 2.24) is 9.78 Å². The van der Waals surface area contributed by atoms with Crippen molar-refractivity contribution in [3.8, 4) is 11.8 Å². The molecule has 136 valence electrons. The summed E-state index contributed by atoms with van der Waals surface area (Å²) in [5.41, 5.74) is -0.673. The van der Waals surface area contributed by atoms with E-state index in [-0.39, 0.29) is 10.6 Å². The van der Waals surface area contributed by atoms with E-state index in [4.69, 9.17) is 16.3 Å². The van der Waals surface area contributed by atoms with E-state index in [1.54, 1.807) is 0 Å². The van der Waals surface area contributed by atoms with Crippen molar-refractivity contribution in [2.45, 2.75) is 31.7 Å². The summed E-state index contributed by atoms with van der Waals surface area (Å²) in [5, 5.41) is 3.98. The number of hydrogen-bond donors (Lipinski definition) is 0. The Hall–Kier alpha value is -2.30. The van der Waals surface area contributed by atoms with Crippen LogP contribution in [-0.2, 0) is 10.9 Å². The van der Waals surface area contributed by atoms with Crippen LogP contribution < -0.4 is 5.56 Å². The van der Waals surface area contributed by atoms with Crippen LogP contribution in [0.1, 0.15) is 42.2 Å². The van der Waals surface area contributed by atoms with E-state index in [0.29, 0.717) is 18.6 Å². The van der Waals surface area contributed by atoms with Gasteiger partial charge in [-0.25, -0.2) is 0 Å². The summed E-state index contributed by atoms with van der Waals surface area (Å²) in [6.07, 6.45) is -0.920. The summed E-state index contributed by atoms with van der Waals surface area (Å²) in [7, 11) is 0. The lowest BCUT2D eigenvalue weighted by molar-refractivity contribution is -0.137. The topological polar surface area (TPSA) is 44.1 Å². The SMILES string of the molecule is O=c1c(Cl)c(C#Cc2ccc(C(F)(F)F)cc2)cnn1C1CCCCO1. The van der Waals surface area contributed by atoms with Gasteiger partial charge in [-0.3, -0.25) is 4.79 Å². The van der Waals surface area contributed by atoms with Crippen LogP contribution in [0.2, 0.25) is 5.02 Å². The van der Waals surface area contributed by atoms with Gasteiger partial charge in [-0.1, -0.05) is 23.4 Å². The number of ether oxygens (including phenoxy) is 1. The molecule has 0 saturated carbocycles. The minimum absolute atomic E-state index is 0.0893. The summed E-state index contributed by atoms with van der Waals surface area (Å²) in [6, 6.07) is 4.41. The quantitative estimate of drug-likeness (QED) is 0.700. The molecule has 3 rings (SSSR count). The second-order valence-corrected chi connectivity index (χ2v) is 6.15. The Bertz CT molecular complexity index is 905. The molecule has 1 fully saturated rings. The molecule has 1 aliphatic rings. The molecule has 1 aromatic heterocycles. The second kappa shape index (κ2) is 7.52. The molecule has 0 N–H and O–H groups in total. The molecule has 0 amide bonds. The van der Waals surface area contributed by atoms with Gasteiger partial charge in [0.15, 0.2) is 6.23 Å². The van der Waals surface area contributed by atoms with Gasteiger partial charge in [-0.15, -0.1) is 0 Å². The molecule has 8 heteroatoms. The van der Waals surface area contributed by atoms with Crippen molar-refractivity contribution >= 4 is 11.6 Å². The van der Waals surface area contributed by atoms with Gasteiger partial charge < -0.3 is 4.74 Å². The highest BCUT2D eigenvalue weighted by Gasteiger charge is 2.29. The zero-order valence-electron chi connectivity index (χ0n) is 13.5. The maximum atomic E-state index is 12.5. The van der Waals surface area contributed by atoms with E-state index < -0.39 is 23.5 Å². The molecule has 0 bridgehead atoms. The Morgan fingerprint density at radius 1 is 1.19 bits per heavy atom. The molecule has 26 heavy (non-hydrogen) atoms. The third-order valence-corrected chi connectivity index (χ3v) is 4.29. The third-order valence-electron chi connectivity index (χ3n) is 3.93. The lowest BCUT2D eigenvalue weighted by atomic mass is 10.1. The van der Waals surface area contributed by atoms with Crippen LogP contribution in [0.15, 0.2) is 35.3 Å². The van der Waals surface area contributed by atoms with E-state index in [9.17, 15) is 18.0 Å². The molecule has 2 heterocycles. The largest absolute Gasteiger partial charge is 0.416 e. The average Bonchev–Trinajstić information content (AvgIpc) is 2.63. The summed E-state index contributed by atoms with van der Waals surface area (Å²) in [5.74, 6) is 5.36. The summed E-state index contributed by atoms with van der Waals surface area (Å²) >= 11 is 6.09. The van der Waals surface area contributed by atoms with E-state index in [1.165, 1.54) is 23.0 Å². The molecule has 0 aliphatic carbocycles. The first-order valence-corrected chi connectivity index (χ1v) is 8.32. The van der Waals surface area contributed by atoms with Gasteiger partial charge in [0.25, 0.3) is 5.56 Å². The number of rotatable bonds is 1. The number of nitrogens with zero attached hydrogens (tertiary/aromatic N) is 2. The van der Waals surface area contributed by atoms with Crippen molar-refractivity contribution in [2.75, 3.05) is 6.61 Å². The van der Waals surface area contributed by atoms with Gasteiger partial charge in [0.2, 0.25) is 0 Å². The lowest BCUT2D eigenvalue weighted by Crippen LogP contribution is -2.31. The van der Waals surface area contributed by atoms with Crippen LogP contribution in [-0.4, -0.2) is 16.4 Å². The fourth-order valence-corrected chi connectivity index (χ4v) is 2.72. The van der Waals surface area contributed by atoms with Crippen LogP contribution in [0.5, 0.6) is 0 Å². The summed E-state index contributed by atoms with van der Waals surface area (Å²) < 4.78 is 44.4. The maximum Gasteiger partial charge on any atom is 0.416 e. The highest BCUT2D eigenvalue weighted by Crippen LogP contribution is 2.29. The van der Waals surface area contributed by atoms with Crippen molar-refractivity contribution in [3.63, 3.8) is 0 Å². The molecule has 0 radical (unpaired) electrons. The Morgan fingerprint density at radius 2 is 1.92 bits per heavy atom. The minimum Gasteiger partial charge on any atom is -0.356 e. The Labute approximate surface area is 152 Å². The molecule has 1 atom stereocenters. The van der Waals surface area contributed by atoms with Crippen molar-refractivity contribution in [1.29, 1.82) is 0 Å². The highest BCUT2D eigenvalue weighted by molar-refractivity contribution is 6.31.